The van der Waals surface area contributed by atoms with E-state index in [4.69, 9.17) is 0 Å². The molecule has 2 aliphatic heterocycles. The number of aromatic nitrogens is 1. The van der Waals surface area contributed by atoms with E-state index in [2.05, 4.69) is 76.9 Å². The molecular formula is C20H19N3. The first kappa shape index (κ1) is 12.8. The van der Waals surface area contributed by atoms with Gasteiger partial charge in [0.05, 0.1) is 5.69 Å². The Hall–Kier alpha value is -2.68. The zero-order chi connectivity index (χ0) is 15.6. The zero-order valence-electron chi connectivity index (χ0n) is 13.2. The normalized spacial score (nSPS) is 19.5. The van der Waals surface area contributed by atoms with Crippen molar-refractivity contribution in [1.82, 2.24) is 9.88 Å². The lowest BCUT2D eigenvalue weighted by molar-refractivity contribution is 0.268. The maximum absolute atomic E-state index is 4.39. The number of aromatic amines is 1. The van der Waals surface area contributed by atoms with E-state index in [-0.39, 0.29) is 6.17 Å². The van der Waals surface area contributed by atoms with Crippen molar-refractivity contribution in [1.29, 1.82) is 0 Å². The van der Waals surface area contributed by atoms with Crippen LogP contribution < -0.4 is 4.90 Å². The van der Waals surface area contributed by atoms with Gasteiger partial charge in [0.2, 0.25) is 0 Å². The van der Waals surface area contributed by atoms with Crippen molar-refractivity contribution in [2.75, 3.05) is 18.5 Å². The van der Waals surface area contributed by atoms with Gasteiger partial charge >= 0.3 is 0 Å². The van der Waals surface area contributed by atoms with Gasteiger partial charge in [-0.2, -0.15) is 0 Å². The highest BCUT2D eigenvalue weighted by Gasteiger charge is 2.38. The van der Waals surface area contributed by atoms with Crippen LogP contribution in [-0.4, -0.2) is 23.5 Å². The van der Waals surface area contributed by atoms with Crippen LogP contribution in [0.15, 0.2) is 55.1 Å². The van der Waals surface area contributed by atoms with Gasteiger partial charge in [0.1, 0.15) is 6.17 Å². The van der Waals surface area contributed by atoms with E-state index >= 15 is 0 Å². The average molecular weight is 301 g/mol. The molecule has 3 heteroatoms. The number of benzene rings is 2. The number of fused-ring (bicyclic) bond motifs is 6. The molecule has 1 N–H and O–H groups in total. The number of hydrogen-bond donors (Lipinski definition) is 1. The van der Waals surface area contributed by atoms with Gasteiger partial charge in [-0.05, 0) is 24.1 Å². The fourth-order valence-electron chi connectivity index (χ4n) is 4.22. The van der Waals surface area contributed by atoms with E-state index in [0.29, 0.717) is 0 Å². The molecule has 114 valence electrons. The summed E-state index contributed by atoms with van der Waals surface area (Å²) in [4.78, 5) is 8.48. The minimum absolute atomic E-state index is 0.202. The summed E-state index contributed by atoms with van der Waals surface area (Å²) in [5, 5.41) is 1.36. The van der Waals surface area contributed by atoms with Gasteiger partial charge in [-0.15, -0.1) is 0 Å². The van der Waals surface area contributed by atoms with Gasteiger partial charge in [-0.25, -0.2) is 0 Å². The van der Waals surface area contributed by atoms with Crippen molar-refractivity contribution < 1.29 is 0 Å². The van der Waals surface area contributed by atoms with Crippen LogP contribution in [-0.2, 0) is 6.42 Å². The second-order valence-electron chi connectivity index (χ2n) is 6.45. The van der Waals surface area contributed by atoms with Crippen molar-refractivity contribution in [3.05, 3.63) is 71.9 Å². The molecule has 0 spiro atoms. The topological polar surface area (TPSA) is 22.3 Å². The standard InChI is InChI=1S/C20H19N3/c1-13-14-7-4-6-10-18(14)22(2)20-19-16(11-12-23(13)20)15-8-3-5-9-17(15)21-19/h3-10,20-21H,1,11-12H2,2H3. The molecule has 1 aromatic heterocycles. The Balaban J connectivity index is 1.75. The Morgan fingerprint density at radius 3 is 2.78 bits per heavy atom. The molecule has 0 amide bonds. The van der Waals surface area contributed by atoms with Crippen LogP contribution in [0.1, 0.15) is 23.0 Å². The van der Waals surface area contributed by atoms with Crippen molar-refractivity contribution in [3.63, 3.8) is 0 Å². The van der Waals surface area contributed by atoms with Crippen LogP contribution in [0.5, 0.6) is 0 Å². The zero-order valence-corrected chi connectivity index (χ0v) is 13.2. The number of rotatable bonds is 0. The molecule has 2 aliphatic rings. The Morgan fingerprint density at radius 2 is 1.87 bits per heavy atom. The number of H-pyrrole nitrogens is 1. The smallest absolute Gasteiger partial charge is 0.143 e. The molecule has 3 nitrogen and oxygen atoms in total. The van der Waals surface area contributed by atoms with E-state index in [1.54, 1.807) is 0 Å². The second kappa shape index (κ2) is 4.42. The molecule has 5 rings (SSSR count). The molecule has 1 unspecified atom stereocenters. The number of hydrogen-bond acceptors (Lipinski definition) is 2. The predicted molar refractivity (Wildman–Crippen MR) is 95.3 cm³/mol. The van der Waals surface area contributed by atoms with Crippen molar-refractivity contribution in [2.24, 2.45) is 0 Å². The SMILES string of the molecule is C=C1c2ccccc2N(C)C2c3[nH]c4ccccc4c3CCN12. The first-order valence-corrected chi connectivity index (χ1v) is 8.13. The summed E-state index contributed by atoms with van der Waals surface area (Å²) in [6.07, 6.45) is 1.26. The number of nitrogens with zero attached hydrogens (tertiary/aromatic N) is 2. The Kier molecular flexibility index (Phi) is 2.46. The molecular weight excluding hydrogens is 282 g/mol. The summed E-state index contributed by atoms with van der Waals surface area (Å²) in [6.45, 7) is 5.40. The average Bonchev–Trinajstić information content (AvgIpc) is 2.98. The number of nitrogens with one attached hydrogen (secondary N) is 1. The van der Waals surface area contributed by atoms with Gasteiger partial charge in [0.15, 0.2) is 0 Å². The van der Waals surface area contributed by atoms with Crippen LogP contribution in [0.4, 0.5) is 5.69 Å². The van der Waals surface area contributed by atoms with E-state index < -0.39 is 0 Å². The highest BCUT2D eigenvalue weighted by atomic mass is 15.4. The quantitative estimate of drug-likeness (QED) is 0.674. The number of anilines is 1. The van der Waals surface area contributed by atoms with Gasteiger partial charge in [-0.1, -0.05) is 43.0 Å². The highest BCUT2D eigenvalue weighted by molar-refractivity contribution is 5.86. The van der Waals surface area contributed by atoms with Crippen LogP contribution in [0.2, 0.25) is 0 Å². The van der Waals surface area contributed by atoms with Crippen molar-refractivity contribution in [2.45, 2.75) is 12.6 Å². The lowest BCUT2D eigenvalue weighted by Gasteiger charge is -2.48. The molecule has 0 aliphatic carbocycles. The van der Waals surface area contributed by atoms with Crippen LogP contribution >= 0.6 is 0 Å². The summed E-state index contributed by atoms with van der Waals surface area (Å²) in [5.74, 6) is 0. The molecule has 1 atom stereocenters. The van der Waals surface area contributed by atoms with Crippen LogP contribution in [0.25, 0.3) is 16.6 Å². The fourth-order valence-corrected chi connectivity index (χ4v) is 4.22. The summed E-state index contributed by atoms with van der Waals surface area (Å²) >= 11 is 0. The monoisotopic (exact) mass is 301 g/mol. The Labute approximate surface area is 135 Å². The Morgan fingerprint density at radius 1 is 1.09 bits per heavy atom. The van der Waals surface area contributed by atoms with Crippen molar-refractivity contribution >= 4 is 22.3 Å². The fraction of sp³-hybridized carbons (Fsp3) is 0.200. The molecule has 0 saturated heterocycles. The second-order valence-corrected chi connectivity index (χ2v) is 6.45. The third-order valence-corrected chi connectivity index (χ3v) is 5.31. The van der Waals surface area contributed by atoms with E-state index in [0.717, 1.165) is 18.7 Å². The Bertz CT molecular complexity index is 937. The molecule has 0 bridgehead atoms. The molecule has 2 aromatic carbocycles. The summed E-state index contributed by atoms with van der Waals surface area (Å²) in [7, 11) is 2.18. The first-order valence-electron chi connectivity index (χ1n) is 8.13. The summed E-state index contributed by atoms with van der Waals surface area (Å²) in [6, 6.07) is 17.2. The molecule has 0 radical (unpaired) electrons. The van der Waals surface area contributed by atoms with Gasteiger partial charge in [0, 0.05) is 41.4 Å². The maximum atomic E-state index is 4.39. The largest absolute Gasteiger partial charge is 0.355 e. The predicted octanol–water partition coefficient (Wildman–Crippen LogP) is 4.15. The van der Waals surface area contributed by atoms with E-state index in [9.17, 15) is 0 Å². The lowest BCUT2D eigenvalue weighted by Crippen LogP contribution is -2.46. The van der Waals surface area contributed by atoms with Gasteiger partial charge in [-0.3, -0.25) is 0 Å². The third-order valence-electron chi connectivity index (χ3n) is 5.31. The van der Waals surface area contributed by atoms with Crippen molar-refractivity contribution in [3.8, 4) is 0 Å². The summed E-state index contributed by atoms with van der Waals surface area (Å²) < 4.78 is 0. The minimum atomic E-state index is 0.202. The van der Waals surface area contributed by atoms with E-state index in [1.807, 2.05) is 0 Å². The molecule has 0 saturated carbocycles. The third kappa shape index (κ3) is 1.59. The number of para-hydroxylation sites is 2. The summed E-state index contributed by atoms with van der Waals surface area (Å²) in [5.41, 5.74) is 7.64. The van der Waals surface area contributed by atoms with E-state index in [1.165, 1.54) is 33.4 Å². The molecule has 3 aromatic rings. The molecule has 3 heterocycles. The minimum Gasteiger partial charge on any atom is -0.355 e. The maximum Gasteiger partial charge on any atom is 0.143 e. The highest BCUT2D eigenvalue weighted by Crippen LogP contribution is 2.46. The van der Waals surface area contributed by atoms with Gasteiger partial charge < -0.3 is 14.8 Å². The lowest BCUT2D eigenvalue weighted by atomic mass is 9.95. The molecule has 23 heavy (non-hydrogen) atoms. The van der Waals surface area contributed by atoms with Gasteiger partial charge in [0.25, 0.3) is 0 Å². The van der Waals surface area contributed by atoms with Crippen LogP contribution in [0.3, 0.4) is 0 Å². The molecule has 0 fully saturated rings. The van der Waals surface area contributed by atoms with Crippen LogP contribution in [0, 0.1) is 0 Å². The first-order chi connectivity index (χ1) is 11.3.